The molecule has 0 aliphatic rings. The van der Waals surface area contributed by atoms with Gasteiger partial charge in [0.25, 0.3) is 0 Å². The van der Waals surface area contributed by atoms with Crippen molar-refractivity contribution < 1.29 is 69.6 Å². The van der Waals surface area contributed by atoms with E-state index in [9.17, 15) is 59.4 Å². The van der Waals surface area contributed by atoms with Gasteiger partial charge < -0.3 is 69.6 Å². The second-order valence-corrected chi connectivity index (χ2v) is 4.83. The topological polar surface area (TPSA) is 281 Å². The molecule has 0 amide bonds. The number of carboxylic acid groups (broad SMARTS) is 6. The van der Waals surface area contributed by atoms with Crippen LogP contribution in [-0.2, 0) is 28.8 Å². The van der Waals surface area contributed by atoms with E-state index >= 15 is 0 Å². The van der Waals surface area contributed by atoms with Crippen molar-refractivity contribution in [3.8, 4) is 0 Å². The summed E-state index contributed by atoms with van der Waals surface area (Å²) in [6.07, 6.45) is -5.43. The van der Waals surface area contributed by atoms with Crippen molar-refractivity contribution in [2.24, 2.45) is 0 Å². The smallest absolute Gasteiger partial charge is 0.114 e. The van der Waals surface area contributed by atoms with Gasteiger partial charge >= 0.3 is 0 Å². The molecular formula is C12H10O14Pb3-6. The fraction of sp³-hybridized carbons (Fsp3) is 0.500. The molecule has 0 aromatic rings. The summed E-state index contributed by atoms with van der Waals surface area (Å²) in [7, 11) is 0. The van der Waals surface area contributed by atoms with E-state index in [0.717, 1.165) is 0 Å². The normalized spacial score (nSPS) is 9.72. The number of hydrogen-bond donors (Lipinski definition) is 2. The number of aliphatic hydroxyl groups is 2. The summed E-state index contributed by atoms with van der Waals surface area (Å²) in [5, 5.41) is 77.9. The molecule has 0 aliphatic heterocycles. The second kappa shape index (κ2) is 17.2. The van der Waals surface area contributed by atoms with Gasteiger partial charge in [-0.3, -0.25) is 0 Å². The Bertz CT molecular complexity index is 521. The summed E-state index contributed by atoms with van der Waals surface area (Å²) in [6.45, 7) is 0. The van der Waals surface area contributed by atoms with E-state index in [-0.39, 0.29) is 81.9 Å². The van der Waals surface area contributed by atoms with Crippen molar-refractivity contribution in [2.75, 3.05) is 0 Å². The van der Waals surface area contributed by atoms with Gasteiger partial charge in [-0.15, -0.1) is 0 Å². The molecule has 0 aliphatic carbocycles. The van der Waals surface area contributed by atoms with Gasteiger partial charge in [-0.1, -0.05) is 0 Å². The third kappa shape index (κ3) is 18.0. The molecule has 0 bridgehead atoms. The Morgan fingerprint density at radius 3 is 0.690 bits per heavy atom. The van der Waals surface area contributed by atoms with E-state index in [1.807, 2.05) is 0 Å². The molecule has 160 valence electrons. The zero-order chi connectivity index (χ0) is 21.3. The molecule has 29 heavy (non-hydrogen) atoms. The van der Waals surface area contributed by atoms with Crippen molar-refractivity contribution in [3.63, 3.8) is 0 Å². The average Bonchev–Trinajstić information content (AvgIpc) is 2.34. The van der Waals surface area contributed by atoms with Crippen molar-refractivity contribution in [3.05, 3.63) is 0 Å². The molecule has 17 heteroatoms. The van der Waals surface area contributed by atoms with Gasteiger partial charge in [0, 0.05) is 131 Å². The van der Waals surface area contributed by atoms with Crippen LogP contribution in [0.2, 0.25) is 0 Å². The van der Waals surface area contributed by atoms with Crippen molar-refractivity contribution >= 4 is 118 Å². The molecule has 0 saturated heterocycles. The first-order valence-corrected chi connectivity index (χ1v) is 6.23. The number of hydrogen-bond acceptors (Lipinski definition) is 14. The Balaban J connectivity index is -0.000000120. The monoisotopic (exact) mass is 1000 g/mol. The Morgan fingerprint density at radius 1 is 0.483 bits per heavy atom. The van der Waals surface area contributed by atoms with E-state index in [1.54, 1.807) is 0 Å². The van der Waals surface area contributed by atoms with E-state index in [2.05, 4.69) is 0 Å². The number of carbonyl (C=O) groups is 6. The number of carboxylic acids is 6. The Hall–Kier alpha value is -0.494. The number of carbonyl (C=O) groups excluding carboxylic acids is 6. The molecule has 0 saturated carbocycles. The fourth-order valence-electron chi connectivity index (χ4n) is 1.37. The number of rotatable bonds is 10. The molecule has 0 aromatic heterocycles. The van der Waals surface area contributed by atoms with Gasteiger partial charge in [-0.2, -0.15) is 0 Å². The molecule has 0 rings (SSSR count). The first-order valence-electron chi connectivity index (χ1n) is 6.23. The Kier molecular flexibility index (Phi) is 23.2. The molecule has 0 unspecified atom stereocenters. The summed E-state index contributed by atoms with van der Waals surface area (Å²) in [4.78, 5) is 60.0. The van der Waals surface area contributed by atoms with Crippen molar-refractivity contribution in [1.29, 1.82) is 0 Å². The predicted molar refractivity (Wildman–Crippen MR) is 75.7 cm³/mol. The van der Waals surface area contributed by atoms with Crippen LogP contribution in [0, 0.1) is 0 Å². The van der Waals surface area contributed by atoms with E-state index in [0.29, 0.717) is 0 Å². The first kappa shape index (κ1) is 39.0. The van der Waals surface area contributed by atoms with Crippen LogP contribution in [0.5, 0.6) is 0 Å². The minimum absolute atomic E-state index is 0. The summed E-state index contributed by atoms with van der Waals surface area (Å²) in [5.74, 6) is -12.0. The maximum atomic E-state index is 10.1. The summed E-state index contributed by atoms with van der Waals surface area (Å²) < 4.78 is 0. The van der Waals surface area contributed by atoms with Gasteiger partial charge in [0.15, 0.2) is 0 Å². The van der Waals surface area contributed by atoms with Crippen LogP contribution in [-0.4, -0.2) is 139 Å². The first-order chi connectivity index (χ1) is 11.6. The molecule has 0 atom stereocenters. The summed E-state index contributed by atoms with van der Waals surface area (Å²) in [6, 6.07) is 0. The standard InChI is InChI=1S/2C6H8O7.3Pb/c2*7-3(8)1-6(13,5(11)12)2-4(9)10;;;/h2*13H,1-2H2,(H,7,8)(H,9,10)(H,11,12);;;/p-6. The van der Waals surface area contributed by atoms with Gasteiger partial charge in [-0.05, 0) is 0 Å². The number of aliphatic carboxylic acids is 6. The van der Waals surface area contributed by atoms with Crippen molar-refractivity contribution in [1.82, 2.24) is 0 Å². The molecule has 0 fully saturated rings. The molecule has 0 spiro atoms. The third-order valence-corrected chi connectivity index (χ3v) is 2.51. The van der Waals surface area contributed by atoms with Crippen LogP contribution >= 0.6 is 0 Å². The van der Waals surface area contributed by atoms with Gasteiger partial charge in [0.05, 0.1) is 11.9 Å². The summed E-state index contributed by atoms with van der Waals surface area (Å²) in [5.41, 5.74) is -5.95. The second-order valence-electron chi connectivity index (χ2n) is 4.83. The average molecular weight is 1000 g/mol. The molecular weight excluding hydrogens is 990 g/mol. The minimum Gasteiger partial charge on any atom is -0.550 e. The maximum absolute atomic E-state index is 10.1. The van der Waals surface area contributed by atoms with Gasteiger partial charge in [0.2, 0.25) is 0 Å². The van der Waals surface area contributed by atoms with Crippen LogP contribution in [0.1, 0.15) is 25.7 Å². The van der Waals surface area contributed by atoms with E-state index in [1.165, 1.54) is 0 Å². The van der Waals surface area contributed by atoms with Crippen LogP contribution in [0.25, 0.3) is 0 Å². The Labute approximate surface area is 222 Å². The largest absolute Gasteiger partial charge is 0.550 e. The zero-order valence-corrected chi connectivity index (χ0v) is 25.8. The Morgan fingerprint density at radius 2 is 0.621 bits per heavy atom. The van der Waals surface area contributed by atoms with Gasteiger partial charge in [-0.25, -0.2) is 0 Å². The molecule has 14 nitrogen and oxygen atoms in total. The zero-order valence-electron chi connectivity index (χ0n) is 14.1. The van der Waals surface area contributed by atoms with Crippen molar-refractivity contribution in [2.45, 2.75) is 36.9 Å². The van der Waals surface area contributed by atoms with Gasteiger partial charge in [0.1, 0.15) is 11.2 Å². The van der Waals surface area contributed by atoms with Crippen LogP contribution in [0.4, 0.5) is 0 Å². The molecule has 2 N–H and O–H groups in total. The van der Waals surface area contributed by atoms with E-state index < -0.39 is 72.7 Å². The van der Waals surface area contributed by atoms with Crippen LogP contribution < -0.4 is 30.6 Å². The SMILES string of the molecule is O=C([O-])CC(O)(CC(=O)[O-])C(=O)[O-].O=C([O-])CC(O)(CC(=O)[O-])C(=O)[O-].[Pb].[Pb].[Pb]. The fourth-order valence-corrected chi connectivity index (χ4v) is 1.37. The minimum atomic E-state index is -2.97. The molecule has 0 aromatic carbocycles. The van der Waals surface area contributed by atoms with E-state index in [4.69, 9.17) is 10.2 Å². The predicted octanol–water partition coefficient (Wildman–Crippen LogP) is -11.6. The van der Waals surface area contributed by atoms with Crippen LogP contribution in [0.15, 0.2) is 0 Å². The summed E-state index contributed by atoms with van der Waals surface area (Å²) >= 11 is 0. The molecule has 12 radical (unpaired) electrons. The quantitative estimate of drug-likeness (QED) is 0.193. The molecule has 0 heterocycles. The third-order valence-electron chi connectivity index (χ3n) is 2.51. The maximum Gasteiger partial charge on any atom is 0.114 e. The van der Waals surface area contributed by atoms with Crippen LogP contribution in [0.3, 0.4) is 0 Å².